The molecule has 2 amide bonds. The molecular formula is C25H24N2O2. The summed E-state index contributed by atoms with van der Waals surface area (Å²) < 4.78 is 0. The lowest BCUT2D eigenvalue weighted by Gasteiger charge is -2.35. The Morgan fingerprint density at radius 2 is 1.41 bits per heavy atom. The number of rotatable bonds is 4. The third-order valence-corrected chi connectivity index (χ3v) is 5.65. The van der Waals surface area contributed by atoms with Crippen LogP contribution in [0, 0.1) is 0 Å². The standard InChI is InChI=1S/C25H24N2O2/c1-18(20-13-7-4-8-14-20)27-23(17-19-11-5-3-6-12-19)25(29)26(2)22-16-10-9-15-21(22)24(27)28/h3-16,18,23H,17H2,1-2H3/t18-,23+/m0/s1. The van der Waals surface area contributed by atoms with Crippen LogP contribution in [0.1, 0.15) is 34.5 Å². The molecule has 0 saturated heterocycles. The van der Waals surface area contributed by atoms with Crippen LogP contribution in [0.2, 0.25) is 0 Å². The van der Waals surface area contributed by atoms with Gasteiger partial charge in [0.25, 0.3) is 5.91 Å². The Kier molecular flexibility index (Phi) is 5.17. The molecule has 0 fully saturated rings. The molecule has 0 unspecified atom stereocenters. The molecule has 0 aromatic heterocycles. The lowest BCUT2D eigenvalue weighted by Crippen LogP contribution is -2.49. The van der Waals surface area contributed by atoms with Crippen molar-refractivity contribution in [1.82, 2.24) is 4.90 Å². The van der Waals surface area contributed by atoms with Gasteiger partial charge in [-0.3, -0.25) is 9.59 Å². The highest BCUT2D eigenvalue weighted by molar-refractivity contribution is 6.11. The highest BCUT2D eigenvalue weighted by atomic mass is 16.2. The third-order valence-electron chi connectivity index (χ3n) is 5.65. The van der Waals surface area contributed by atoms with E-state index in [-0.39, 0.29) is 17.9 Å². The van der Waals surface area contributed by atoms with Crippen LogP contribution < -0.4 is 4.90 Å². The van der Waals surface area contributed by atoms with Gasteiger partial charge in [0.15, 0.2) is 0 Å². The summed E-state index contributed by atoms with van der Waals surface area (Å²) in [4.78, 5) is 30.6. The van der Waals surface area contributed by atoms with E-state index >= 15 is 0 Å². The molecule has 1 aliphatic rings. The fourth-order valence-corrected chi connectivity index (χ4v) is 4.05. The Morgan fingerprint density at radius 1 is 0.828 bits per heavy atom. The van der Waals surface area contributed by atoms with E-state index in [1.807, 2.05) is 85.8 Å². The number of amides is 2. The van der Waals surface area contributed by atoms with Crippen molar-refractivity contribution < 1.29 is 9.59 Å². The van der Waals surface area contributed by atoms with Crippen LogP contribution in [0.25, 0.3) is 0 Å². The topological polar surface area (TPSA) is 40.6 Å². The monoisotopic (exact) mass is 384 g/mol. The number of fused-ring (bicyclic) bond motifs is 1. The maximum absolute atomic E-state index is 13.7. The van der Waals surface area contributed by atoms with Crippen molar-refractivity contribution in [2.24, 2.45) is 0 Å². The molecule has 0 N–H and O–H groups in total. The lowest BCUT2D eigenvalue weighted by molar-refractivity contribution is -0.123. The van der Waals surface area contributed by atoms with Gasteiger partial charge in [0.1, 0.15) is 6.04 Å². The number of hydrogen-bond donors (Lipinski definition) is 0. The van der Waals surface area contributed by atoms with E-state index in [4.69, 9.17) is 0 Å². The smallest absolute Gasteiger partial charge is 0.257 e. The molecule has 0 spiro atoms. The number of para-hydroxylation sites is 1. The van der Waals surface area contributed by atoms with Crippen molar-refractivity contribution in [2.75, 3.05) is 11.9 Å². The number of carbonyl (C=O) groups excluding carboxylic acids is 2. The van der Waals surface area contributed by atoms with Gasteiger partial charge >= 0.3 is 0 Å². The molecule has 3 aromatic carbocycles. The summed E-state index contributed by atoms with van der Waals surface area (Å²) in [6, 6.07) is 26.3. The van der Waals surface area contributed by atoms with Gasteiger partial charge in [-0.25, -0.2) is 0 Å². The number of benzene rings is 3. The van der Waals surface area contributed by atoms with E-state index in [2.05, 4.69) is 0 Å². The molecule has 0 radical (unpaired) electrons. The van der Waals surface area contributed by atoms with Crippen LogP contribution in [0.3, 0.4) is 0 Å². The molecule has 4 heteroatoms. The predicted octanol–water partition coefficient (Wildman–Crippen LogP) is 4.48. The molecular weight excluding hydrogens is 360 g/mol. The maximum atomic E-state index is 13.7. The zero-order valence-electron chi connectivity index (χ0n) is 16.7. The minimum atomic E-state index is -0.586. The minimum Gasteiger partial charge on any atom is -0.319 e. The molecule has 1 aliphatic heterocycles. The molecule has 0 saturated carbocycles. The quantitative estimate of drug-likeness (QED) is 0.666. The maximum Gasteiger partial charge on any atom is 0.257 e. The third kappa shape index (κ3) is 3.54. The normalized spacial score (nSPS) is 17.7. The molecule has 0 aliphatic carbocycles. The fourth-order valence-electron chi connectivity index (χ4n) is 4.05. The van der Waals surface area contributed by atoms with Crippen molar-refractivity contribution in [3.8, 4) is 0 Å². The fraction of sp³-hybridized carbons (Fsp3) is 0.200. The second-order valence-electron chi connectivity index (χ2n) is 7.42. The van der Waals surface area contributed by atoms with Crippen LogP contribution in [0.15, 0.2) is 84.9 Å². The number of nitrogens with zero attached hydrogens (tertiary/aromatic N) is 2. The number of carbonyl (C=O) groups is 2. The Bertz CT molecular complexity index is 1020. The summed E-state index contributed by atoms with van der Waals surface area (Å²) in [6.45, 7) is 1.99. The van der Waals surface area contributed by atoms with Gasteiger partial charge in [0.05, 0.1) is 17.3 Å². The van der Waals surface area contributed by atoms with Gasteiger partial charge in [-0.05, 0) is 30.2 Å². The van der Waals surface area contributed by atoms with Crippen LogP contribution >= 0.6 is 0 Å². The van der Waals surface area contributed by atoms with Crippen LogP contribution in [-0.2, 0) is 11.2 Å². The highest BCUT2D eigenvalue weighted by Crippen LogP contribution is 2.33. The van der Waals surface area contributed by atoms with Gasteiger partial charge in [0, 0.05) is 13.5 Å². The molecule has 4 nitrogen and oxygen atoms in total. The van der Waals surface area contributed by atoms with E-state index in [1.165, 1.54) is 0 Å². The summed E-state index contributed by atoms with van der Waals surface area (Å²) in [6.07, 6.45) is 0.473. The van der Waals surface area contributed by atoms with Crippen LogP contribution in [0.4, 0.5) is 5.69 Å². The zero-order chi connectivity index (χ0) is 20.4. The average Bonchev–Trinajstić information content (AvgIpc) is 2.85. The predicted molar refractivity (Wildman–Crippen MR) is 115 cm³/mol. The van der Waals surface area contributed by atoms with Gasteiger partial charge in [0.2, 0.25) is 5.91 Å². The van der Waals surface area contributed by atoms with E-state index in [9.17, 15) is 9.59 Å². The Morgan fingerprint density at radius 3 is 2.10 bits per heavy atom. The van der Waals surface area contributed by atoms with Crippen LogP contribution in [-0.4, -0.2) is 29.8 Å². The van der Waals surface area contributed by atoms with E-state index in [0.29, 0.717) is 17.7 Å². The number of anilines is 1. The van der Waals surface area contributed by atoms with Crippen molar-refractivity contribution in [2.45, 2.75) is 25.4 Å². The molecule has 146 valence electrons. The number of hydrogen-bond acceptors (Lipinski definition) is 2. The van der Waals surface area contributed by atoms with E-state index in [1.54, 1.807) is 22.9 Å². The largest absolute Gasteiger partial charge is 0.319 e. The van der Waals surface area contributed by atoms with Crippen LogP contribution in [0.5, 0.6) is 0 Å². The van der Waals surface area contributed by atoms with Gasteiger partial charge < -0.3 is 9.80 Å². The summed E-state index contributed by atoms with van der Waals surface area (Å²) in [7, 11) is 1.75. The van der Waals surface area contributed by atoms with E-state index < -0.39 is 6.04 Å². The minimum absolute atomic E-state index is 0.0741. The Labute approximate surface area is 171 Å². The first-order chi connectivity index (χ1) is 14.1. The lowest BCUT2D eigenvalue weighted by atomic mass is 9.99. The molecule has 4 rings (SSSR count). The van der Waals surface area contributed by atoms with Crippen molar-refractivity contribution >= 4 is 17.5 Å². The van der Waals surface area contributed by atoms with Crippen molar-refractivity contribution in [3.63, 3.8) is 0 Å². The first-order valence-electron chi connectivity index (χ1n) is 9.86. The second-order valence-corrected chi connectivity index (χ2v) is 7.42. The second kappa shape index (κ2) is 7.92. The molecule has 2 atom stereocenters. The summed E-state index contributed by atoms with van der Waals surface area (Å²) in [5, 5.41) is 0. The average molecular weight is 384 g/mol. The first-order valence-corrected chi connectivity index (χ1v) is 9.86. The summed E-state index contributed by atoms with van der Waals surface area (Å²) in [5.74, 6) is -0.189. The van der Waals surface area contributed by atoms with Gasteiger partial charge in [-0.2, -0.15) is 0 Å². The Balaban J connectivity index is 1.83. The highest BCUT2D eigenvalue weighted by Gasteiger charge is 2.40. The molecule has 1 heterocycles. The van der Waals surface area contributed by atoms with Gasteiger partial charge in [-0.15, -0.1) is 0 Å². The summed E-state index contributed by atoms with van der Waals surface area (Å²) >= 11 is 0. The molecule has 3 aromatic rings. The van der Waals surface area contributed by atoms with Crippen molar-refractivity contribution in [1.29, 1.82) is 0 Å². The Hall–Kier alpha value is -3.40. The van der Waals surface area contributed by atoms with Crippen molar-refractivity contribution in [3.05, 3.63) is 102 Å². The molecule has 0 bridgehead atoms. The zero-order valence-corrected chi connectivity index (χ0v) is 16.7. The molecule has 29 heavy (non-hydrogen) atoms. The number of likely N-dealkylation sites (N-methyl/N-ethyl adjacent to an activating group) is 1. The van der Waals surface area contributed by atoms with E-state index in [0.717, 1.165) is 11.1 Å². The first kappa shape index (κ1) is 18.9. The SMILES string of the molecule is C[C@@H](c1ccccc1)N1C(=O)c2ccccc2N(C)C(=O)[C@H]1Cc1ccccc1. The van der Waals surface area contributed by atoms with Gasteiger partial charge in [-0.1, -0.05) is 72.8 Å². The summed E-state index contributed by atoms with van der Waals surface area (Å²) in [5.41, 5.74) is 3.25.